The summed E-state index contributed by atoms with van der Waals surface area (Å²) in [5, 5.41) is 9.16. The van der Waals surface area contributed by atoms with Crippen LogP contribution in [0.4, 0.5) is 0 Å². The van der Waals surface area contributed by atoms with Crippen molar-refractivity contribution in [1.29, 1.82) is 0 Å². The summed E-state index contributed by atoms with van der Waals surface area (Å²) in [5.41, 5.74) is 1.31. The lowest BCUT2D eigenvalue weighted by molar-refractivity contribution is -0.142. The van der Waals surface area contributed by atoms with Gasteiger partial charge in [-0.1, -0.05) is 0 Å². The highest BCUT2D eigenvalue weighted by Gasteiger charge is 2.39. The van der Waals surface area contributed by atoms with E-state index in [2.05, 4.69) is 0 Å². The van der Waals surface area contributed by atoms with Crippen LogP contribution >= 0.6 is 0 Å². The minimum Gasteiger partial charge on any atom is -0.481 e. The molecule has 1 amide bonds. The van der Waals surface area contributed by atoms with Gasteiger partial charge in [0.25, 0.3) is 5.91 Å². The molecule has 1 aliphatic rings. The third-order valence-corrected chi connectivity index (χ3v) is 3.96. The number of furan rings is 1. The van der Waals surface area contributed by atoms with Crippen molar-refractivity contribution in [2.24, 2.45) is 5.92 Å². The lowest BCUT2D eigenvalue weighted by Crippen LogP contribution is -2.44. The van der Waals surface area contributed by atoms with Crippen molar-refractivity contribution in [2.75, 3.05) is 20.3 Å². The van der Waals surface area contributed by atoms with Crippen LogP contribution < -0.4 is 0 Å². The molecule has 1 fully saturated rings. The number of carboxylic acid groups (broad SMARTS) is 1. The van der Waals surface area contributed by atoms with Gasteiger partial charge in [-0.2, -0.15) is 0 Å². The molecule has 1 aromatic rings. The molecule has 2 rings (SSSR count). The Labute approximate surface area is 117 Å². The van der Waals surface area contributed by atoms with Gasteiger partial charge in [0.1, 0.15) is 17.4 Å². The van der Waals surface area contributed by atoms with Crippen LogP contribution in [-0.4, -0.2) is 48.2 Å². The number of hydrogen-bond donors (Lipinski definition) is 1. The van der Waals surface area contributed by atoms with E-state index in [4.69, 9.17) is 14.3 Å². The number of carboxylic acids is 1. The van der Waals surface area contributed by atoms with Gasteiger partial charge >= 0.3 is 5.97 Å². The Morgan fingerprint density at radius 2 is 1.85 bits per heavy atom. The molecule has 2 atom stereocenters. The molecule has 0 bridgehead atoms. The Bertz CT molecular complexity index is 548. The van der Waals surface area contributed by atoms with Crippen molar-refractivity contribution in [3.63, 3.8) is 0 Å². The Morgan fingerprint density at radius 1 is 1.20 bits per heavy atom. The number of aliphatic carboxylic acids is 1. The molecule has 0 aliphatic carbocycles. The van der Waals surface area contributed by atoms with Crippen LogP contribution in [-0.2, 0) is 9.53 Å². The average molecular weight is 281 g/mol. The van der Waals surface area contributed by atoms with Gasteiger partial charge in [0.15, 0.2) is 0 Å². The van der Waals surface area contributed by atoms with Crippen LogP contribution in [0.15, 0.2) is 4.42 Å². The Kier molecular flexibility index (Phi) is 3.85. The van der Waals surface area contributed by atoms with Crippen LogP contribution in [0.3, 0.4) is 0 Å². The van der Waals surface area contributed by atoms with Gasteiger partial charge in [-0.05, 0) is 20.8 Å². The summed E-state index contributed by atoms with van der Waals surface area (Å²) < 4.78 is 10.7. The second kappa shape index (κ2) is 5.28. The van der Waals surface area contributed by atoms with E-state index in [1.165, 1.54) is 4.90 Å². The molecular formula is C14H19NO5. The van der Waals surface area contributed by atoms with E-state index < -0.39 is 17.9 Å². The van der Waals surface area contributed by atoms with Gasteiger partial charge in [-0.25, -0.2) is 0 Å². The smallest absolute Gasteiger partial charge is 0.311 e. The summed E-state index contributed by atoms with van der Waals surface area (Å²) in [7, 11) is 1.61. The molecule has 1 aromatic heterocycles. The SMILES string of the molecule is Cc1oc(C)c(C(=O)N(C)C2COCC2C(=O)O)c1C. The molecule has 1 N–H and O–H groups in total. The number of likely N-dealkylation sites (N-methyl/N-ethyl adjacent to an activating group) is 1. The van der Waals surface area contributed by atoms with E-state index in [0.29, 0.717) is 17.1 Å². The maximum Gasteiger partial charge on any atom is 0.311 e. The van der Waals surface area contributed by atoms with Crippen molar-refractivity contribution >= 4 is 11.9 Å². The van der Waals surface area contributed by atoms with E-state index in [0.717, 1.165) is 5.56 Å². The monoisotopic (exact) mass is 281 g/mol. The van der Waals surface area contributed by atoms with Gasteiger partial charge in [-0.3, -0.25) is 9.59 Å². The molecule has 20 heavy (non-hydrogen) atoms. The lowest BCUT2D eigenvalue weighted by atomic mass is 10.0. The van der Waals surface area contributed by atoms with Crippen LogP contribution in [0.1, 0.15) is 27.4 Å². The first-order valence-electron chi connectivity index (χ1n) is 6.48. The fraction of sp³-hybridized carbons (Fsp3) is 0.571. The van der Waals surface area contributed by atoms with E-state index in [9.17, 15) is 9.59 Å². The number of rotatable bonds is 3. The molecule has 0 radical (unpaired) electrons. The summed E-state index contributed by atoms with van der Waals surface area (Å²) in [6.45, 7) is 5.75. The zero-order valence-corrected chi connectivity index (χ0v) is 12.1. The van der Waals surface area contributed by atoms with Crippen molar-refractivity contribution < 1.29 is 23.8 Å². The predicted octanol–water partition coefficient (Wildman–Crippen LogP) is 1.38. The van der Waals surface area contributed by atoms with Crippen molar-refractivity contribution in [1.82, 2.24) is 4.90 Å². The zero-order valence-electron chi connectivity index (χ0n) is 12.1. The molecule has 1 aliphatic heterocycles. The largest absolute Gasteiger partial charge is 0.481 e. The molecule has 6 nitrogen and oxygen atoms in total. The number of carbonyl (C=O) groups is 2. The molecule has 6 heteroatoms. The second-order valence-corrected chi connectivity index (χ2v) is 5.18. The van der Waals surface area contributed by atoms with E-state index in [1.807, 2.05) is 6.92 Å². The summed E-state index contributed by atoms with van der Waals surface area (Å²) in [6.07, 6.45) is 0. The fourth-order valence-electron chi connectivity index (χ4n) is 2.60. The third-order valence-electron chi connectivity index (χ3n) is 3.96. The normalized spacial score (nSPS) is 22.0. The van der Waals surface area contributed by atoms with E-state index >= 15 is 0 Å². The second-order valence-electron chi connectivity index (χ2n) is 5.18. The lowest BCUT2D eigenvalue weighted by Gasteiger charge is -2.26. The number of ether oxygens (including phenoxy) is 1. The molecular weight excluding hydrogens is 262 g/mol. The summed E-state index contributed by atoms with van der Waals surface area (Å²) in [5.74, 6) is -0.584. The van der Waals surface area contributed by atoms with Crippen LogP contribution in [0.25, 0.3) is 0 Å². The number of amides is 1. The molecule has 0 aromatic carbocycles. The summed E-state index contributed by atoms with van der Waals surface area (Å²) in [6, 6.07) is -0.450. The maximum absolute atomic E-state index is 12.6. The Balaban J connectivity index is 2.27. The highest BCUT2D eigenvalue weighted by atomic mass is 16.5. The van der Waals surface area contributed by atoms with Crippen LogP contribution in [0.2, 0.25) is 0 Å². The topological polar surface area (TPSA) is 80.0 Å². The maximum atomic E-state index is 12.6. The van der Waals surface area contributed by atoms with Crippen molar-refractivity contribution in [3.05, 3.63) is 22.6 Å². The van der Waals surface area contributed by atoms with E-state index in [1.54, 1.807) is 20.9 Å². The molecule has 2 heterocycles. The molecule has 0 spiro atoms. The van der Waals surface area contributed by atoms with Gasteiger partial charge in [0.2, 0.25) is 0 Å². The summed E-state index contributed by atoms with van der Waals surface area (Å²) in [4.78, 5) is 25.2. The van der Waals surface area contributed by atoms with Crippen LogP contribution in [0, 0.1) is 26.7 Å². The first-order chi connectivity index (χ1) is 9.34. The summed E-state index contributed by atoms with van der Waals surface area (Å²) >= 11 is 0. The predicted molar refractivity (Wildman–Crippen MR) is 70.7 cm³/mol. The number of nitrogens with zero attached hydrogens (tertiary/aromatic N) is 1. The molecule has 1 saturated heterocycles. The van der Waals surface area contributed by atoms with Crippen molar-refractivity contribution in [3.8, 4) is 0 Å². The van der Waals surface area contributed by atoms with Crippen molar-refractivity contribution in [2.45, 2.75) is 26.8 Å². The quantitative estimate of drug-likeness (QED) is 0.905. The first-order valence-corrected chi connectivity index (χ1v) is 6.48. The Morgan fingerprint density at radius 3 is 2.35 bits per heavy atom. The molecule has 110 valence electrons. The highest BCUT2D eigenvalue weighted by Crippen LogP contribution is 2.25. The molecule has 2 unspecified atom stereocenters. The Hall–Kier alpha value is -1.82. The van der Waals surface area contributed by atoms with Gasteiger partial charge in [0.05, 0.1) is 24.8 Å². The number of aryl methyl sites for hydroxylation is 2. The minimum absolute atomic E-state index is 0.139. The standard InChI is InChI=1S/C14H19NO5/c1-7-8(2)20-9(3)12(7)13(16)15(4)11-6-19-5-10(11)14(17)18/h10-11H,5-6H2,1-4H3,(H,17,18). The van der Waals surface area contributed by atoms with Gasteiger partial charge in [-0.15, -0.1) is 0 Å². The molecule has 0 saturated carbocycles. The average Bonchev–Trinajstić information content (AvgIpc) is 2.94. The van der Waals surface area contributed by atoms with Crippen LogP contribution in [0.5, 0.6) is 0 Å². The highest BCUT2D eigenvalue weighted by molar-refractivity contribution is 5.97. The number of carbonyl (C=O) groups excluding carboxylic acids is 1. The van der Waals surface area contributed by atoms with Gasteiger partial charge in [0, 0.05) is 12.6 Å². The van der Waals surface area contributed by atoms with E-state index in [-0.39, 0.29) is 19.1 Å². The van der Waals surface area contributed by atoms with Gasteiger partial charge < -0.3 is 19.2 Å². The minimum atomic E-state index is -0.941. The zero-order chi connectivity index (χ0) is 15.0. The first kappa shape index (κ1) is 14.6. The number of hydrogen-bond acceptors (Lipinski definition) is 4. The third kappa shape index (κ3) is 2.31. The fourth-order valence-corrected chi connectivity index (χ4v) is 2.60.